The molecule has 24 atom stereocenters. The third kappa shape index (κ3) is 18.5. The topological polar surface area (TPSA) is 380 Å². The maximum absolute atomic E-state index is 14.7. The smallest absolute Gasteiger partial charge is 0.460 e. The Labute approximate surface area is 526 Å². The van der Waals surface area contributed by atoms with Crippen molar-refractivity contribution in [3.05, 3.63) is 47.6 Å². The Morgan fingerprint density at radius 2 is 1.50 bits per heavy atom. The van der Waals surface area contributed by atoms with Gasteiger partial charge in [-0.3, -0.25) is 19.2 Å². The molecule has 0 aromatic rings. The van der Waals surface area contributed by atoms with E-state index in [1.165, 1.54) is 14.2 Å². The van der Waals surface area contributed by atoms with E-state index in [0.29, 0.717) is 56.9 Å². The molecule has 1 saturated carbocycles. The summed E-state index contributed by atoms with van der Waals surface area (Å²) in [6.07, 6.45) is -6.91. The van der Waals surface area contributed by atoms with Crippen molar-refractivity contribution in [3.8, 4) is 0 Å². The van der Waals surface area contributed by atoms with E-state index < -0.39 is 177 Å². The molecule has 9 N–H and O–H groups in total. The van der Waals surface area contributed by atoms with Gasteiger partial charge in [-0.15, -0.1) is 0 Å². The summed E-state index contributed by atoms with van der Waals surface area (Å²) < 4.78 is 56.7. The highest BCUT2D eigenvalue weighted by molar-refractivity contribution is 6.39. The summed E-state index contributed by atoms with van der Waals surface area (Å²) in [7, 11) is 4.29. The number of piperidine rings is 1. The summed E-state index contributed by atoms with van der Waals surface area (Å²) >= 11 is 0. The van der Waals surface area contributed by atoms with Crippen molar-refractivity contribution < 1.29 is 122 Å². The first-order valence-electron chi connectivity index (χ1n) is 31.5. The van der Waals surface area contributed by atoms with Crippen LogP contribution < -0.4 is 0 Å². The van der Waals surface area contributed by atoms with Gasteiger partial charge in [0.05, 0.1) is 31.5 Å². The number of ketones is 3. The molecule has 26 nitrogen and oxygen atoms in total. The number of methoxy groups -OCH3 is 3. The zero-order valence-electron chi connectivity index (χ0n) is 53.5. The lowest BCUT2D eigenvalue weighted by atomic mass is 9.78. The molecule has 26 heteroatoms. The average molecular weight is 1280 g/mol. The van der Waals surface area contributed by atoms with Gasteiger partial charge in [0.15, 0.2) is 18.7 Å². The van der Waals surface area contributed by atoms with Crippen molar-refractivity contribution in [1.82, 2.24) is 4.90 Å². The quantitative estimate of drug-likeness (QED) is 0.0723. The van der Waals surface area contributed by atoms with E-state index in [4.69, 9.17) is 47.4 Å². The molecule has 0 spiro atoms. The van der Waals surface area contributed by atoms with E-state index in [9.17, 15) is 74.7 Å². The number of cyclic esters (lactones) is 1. The van der Waals surface area contributed by atoms with Gasteiger partial charge in [0.2, 0.25) is 11.6 Å². The van der Waals surface area contributed by atoms with Gasteiger partial charge in [-0.25, -0.2) is 9.59 Å². The Hall–Kier alpha value is -4.46. The summed E-state index contributed by atoms with van der Waals surface area (Å²) in [5.74, 6) is -12.1. The van der Waals surface area contributed by atoms with Crippen LogP contribution >= 0.6 is 0 Å². The van der Waals surface area contributed by atoms with Gasteiger partial charge in [0, 0.05) is 58.5 Å². The zero-order valence-corrected chi connectivity index (χ0v) is 53.5. The molecule has 0 aromatic carbocycles. The van der Waals surface area contributed by atoms with Crippen molar-refractivity contribution in [1.29, 1.82) is 0 Å². The normalized spacial score (nSPS) is 42.6. The zero-order chi connectivity index (χ0) is 66.5. The van der Waals surface area contributed by atoms with E-state index >= 15 is 0 Å². The first-order chi connectivity index (χ1) is 42.5. The number of Topliss-reactive ketones (excluding diaryl/α,β-unsaturated/α-hetero) is 3. The van der Waals surface area contributed by atoms with Crippen LogP contribution in [0.3, 0.4) is 0 Å². The number of ether oxygens (including phenoxy) is 10. The first-order valence-corrected chi connectivity index (χ1v) is 31.5. The number of hydrogen-bond acceptors (Lipinski definition) is 25. The number of esters is 1. The molecule has 5 aliphatic heterocycles. The summed E-state index contributed by atoms with van der Waals surface area (Å²) in [4.78, 5) is 86.2. The van der Waals surface area contributed by atoms with Crippen LogP contribution in [-0.2, 0) is 71.3 Å². The minimum absolute atomic E-state index is 0.00798. The first kappa shape index (κ1) is 74.6. The number of carbonyl (C=O) groups is 6. The predicted octanol–water partition coefficient (Wildman–Crippen LogP) is 1.97. The molecule has 90 heavy (non-hydrogen) atoms. The SMILES string of the molecule is CO[C@H]1C[C@@H]2CC[C@@H](C)[C@@](O)(O2)C(=O)C(=O)N2CCCCC2C(=O)O[C@H]([C@H](C)CC2CC[C@@H](OC(=O)OC[C@@]3(O)O[C@H](COC4O[C@H](CO)[C@@H](O)[C@H](O)[C@H]4O)[C@@H](O)[C@@H]3O)[C@H](OC)C2)CC(=O)[C@H](C)/C=C(\C)[C@@H](O)[C@@H](OC)C(=O)[C@H](C)C[C@H](C)/C=C/C=C/C=C/1C. The molecule has 2 bridgehead atoms. The van der Waals surface area contributed by atoms with Crippen LogP contribution in [0.5, 0.6) is 0 Å². The van der Waals surface area contributed by atoms with Gasteiger partial charge in [-0.1, -0.05) is 71.1 Å². The van der Waals surface area contributed by atoms with Gasteiger partial charge in [0.25, 0.3) is 11.7 Å². The molecule has 0 aromatic heterocycles. The van der Waals surface area contributed by atoms with E-state index in [2.05, 4.69) is 0 Å². The van der Waals surface area contributed by atoms with Crippen molar-refractivity contribution >= 4 is 35.4 Å². The van der Waals surface area contributed by atoms with Crippen LogP contribution in [0.15, 0.2) is 47.6 Å². The van der Waals surface area contributed by atoms with Crippen LogP contribution in [0.4, 0.5) is 4.79 Å². The number of aliphatic hydroxyl groups excluding tert-OH is 7. The fraction of sp³-hybridized carbons (Fsp3) is 0.781. The standard InChI is InChI=1S/C64H99NO25/c1-33-16-12-11-13-17-34(2)45(81-8)28-41-21-19-39(7)64(80,89-41)58(75)59(76)65-23-15-14-18-42(65)60(77)86-46(29-43(67)35(3)25-38(6)51(69)56(83-10)50(68)37(5)24-33)36(4)26-40-20-22-44(47(27-40)82-9)88-62(78)85-32-63(79)57(74)53(71)49(90-63)31-84-61-55(73)54(72)52(70)48(30-66)87-61/h11-13,16-17,25,33,35-37,39-42,44-49,51-57,61,66,69-74,79-80H,14-15,18-24,26-32H2,1-10H3/b13-11+,16-12+,34-17+,38-25+/t33-,35-,36-,37-,39-,40?,41+,42?,44-,45+,46+,47-,48-,49-,51-,52-,53-,54+,55-,56+,57+,61?,63-,64-/m1/s1. The Bertz CT molecular complexity index is 2540. The molecule has 510 valence electrons. The number of amides is 1. The summed E-state index contributed by atoms with van der Waals surface area (Å²) in [6, 6.07) is -1.27. The van der Waals surface area contributed by atoms with Crippen LogP contribution in [0.25, 0.3) is 0 Å². The van der Waals surface area contributed by atoms with Crippen molar-refractivity contribution in [2.75, 3.05) is 47.7 Å². The second kappa shape index (κ2) is 33.6. The Kier molecular flexibility index (Phi) is 27.8. The van der Waals surface area contributed by atoms with Crippen LogP contribution in [0.1, 0.15) is 126 Å². The third-order valence-corrected chi connectivity index (χ3v) is 18.9. The minimum Gasteiger partial charge on any atom is -0.460 e. The van der Waals surface area contributed by atoms with Gasteiger partial charge in [-0.2, -0.15) is 0 Å². The Balaban J connectivity index is 1.17. The van der Waals surface area contributed by atoms with E-state index in [1.54, 1.807) is 47.8 Å². The number of rotatable bonds is 13. The molecular formula is C64H99NO25. The Morgan fingerprint density at radius 1 is 0.778 bits per heavy atom. The monoisotopic (exact) mass is 1280 g/mol. The summed E-state index contributed by atoms with van der Waals surface area (Å²) in [5, 5.41) is 96.3. The number of fused-ring (bicyclic) bond motifs is 3. The van der Waals surface area contributed by atoms with E-state index in [0.717, 1.165) is 10.5 Å². The largest absolute Gasteiger partial charge is 0.508 e. The predicted molar refractivity (Wildman–Crippen MR) is 317 cm³/mol. The molecule has 5 heterocycles. The van der Waals surface area contributed by atoms with Gasteiger partial charge >= 0.3 is 12.1 Å². The number of nitrogens with zero attached hydrogens (tertiary/aromatic N) is 1. The molecule has 4 saturated heterocycles. The lowest BCUT2D eigenvalue weighted by molar-refractivity contribution is -0.310. The Morgan fingerprint density at radius 3 is 2.18 bits per heavy atom. The third-order valence-electron chi connectivity index (χ3n) is 18.9. The molecule has 3 unspecified atom stereocenters. The highest BCUT2D eigenvalue weighted by atomic mass is 16.8. The molecule has 1 amide bonds. The van der Waals surface area contributed by atoms with E-state index in [-0.39, 0.29) is 55.6 Å². The molecular weight excluding hydrogens is 1180 g/mol. The van der Waals surface area contributed by atoms with Crippen LogP contribution in [0.2, 0.25) is 0 Å². The van der Waals surface area contributed by atoms with Gasteiger partial charge in [-0.05, 0) is 107 Å². The van der Waals surface area contributed by atoms with Gasteiger partial charge in [0.1, 0.15) is 79.0 Å². The minimum atomic E-state index is -2.68. The van der Waals surface area contributed by atoms with E-state index in [1.807, 2.05) is 44.2 Å². The number of aliphatic hydroxyl groups is 9. The second-order valence-electron chi connectivity index (χ2n) is 25.7. The second-order valence-corrected chi connectivity index (χ2v) is 25.7. The van der Waals surface area contributed by atoms with Crippen molar-refractivity contribution in [3.63, 3.8) is 0 Å². The maximum atomic E-state index is 14.7. The molecule has 0 radical (unpaired) electrons. The van der Waals surface area contributed by atoms with Gasteiger partial charge < -0.3 is 98.2 Å². The number of allylic oxidation sites excluding steroid dienone is 6. The summed E-state index contributed by atoms with van der Waals surface area (Å²) in [6.45, 7) is 9.83. The maximum Gasteiger partial charge on any atom is 0.508 e. The highest BCUT2D eigenvalue weighted by Gasteiger charge is 2.56. The summed E-state index contributed by atoms with van der Waals surface area (Å²) in [5.41, 5.74) is 1.13. The van der Waals surface area contributed by atoms with Crippen LogP contribution in [-0.4, -0.2) is 243 Å². The molecule has 1 aliphatic carbocycles. The molecule has 6 aliphatic rings. The number of carbonyl (C=O) groups excluding carboxylic acids is 6. The lowest BCUT2D eigenvalue weighted by Gasteiger charge is -2.42. The van der Waals surface area contributed by atoms with Crippen LogP contribution in [0, 0.1) is 35.5 Å². The number of hydrogen-bond donors (Lipinski definition) is 9. The lowest BCUT2D eigenvalue weighted by Crippen LogP contribution is -2.61. The fourth-order valence-corrected chi connectivity index (χ4v) is 13.1. The average Bonchev–Trinajstić information content (AvgIpc) is 1.03. The fourth-order valence-electron chi connectivity index (χ4n) is 13.1. The van der Waals surface area contributed by atoms with Crippen molar-refractivity contribution in [2.24, 2.45) is 35.5 Å². The van der Waals surface area contributed by atoms with Crippen molar-refractivity contribution in [2.45, 2.75) is 235 Å². The molecule has 6 rings (SSSR count). The molecule has 5 fully saturated rings. The highest BCUT2D eigenvalue weighted by Crippen LogP contribution is 2.39.